The lowest BCUT2D eigenvalue weighted by Gasteiger charge is -2.16. The number of urea groups is 1. The van der Waals surface area contributed by atoms with Gasteiger partial charge < -0.3 is 20.7 Å². The normalized spacial score (nSPS) is 11.4. The van der Waals surface area contributed by atoms with Crippen LogP contribution in [-0.4, -0.2) is 32.1 Å². The maximum Gasteiger partial charge on any atom is 0.315 e. The van der Waals surface area contributed by atoms with Crippen molar-refractivity contribution in [3.63, 3.8) is 0 Å². The van der Waals surface area contributed by atoms with E-state index in [0.29, 0.717) is 27.9 Å². The summed E-state index contributed by atoms with van der Waals surface area (Å²) in [6.07, 6.45) is 0. The summed E-state index contributed by atoms with van der Waals surface area (Å²) in [5.41, 5.74) is 1.26. The third kappa shape index (κ3) is 6.34. The summed E-state index contributed by atoms with van der Waals surface area (Å²) in [6.45, 7) is 2.39. The molecule has 0 heterocycles. The highest BCUT2D eigenvalue weighted by molar-refractivity contribution is 6.35. The number of rotatable bonds is 7. The van der Waals surface area contributed by atoms with Crippen molar-refractivity contribution >= 4 is 35.1 Å². The van der Waals surface area contributed by atoms with Gasteiger partial charge in [0.2, 0.25) is 0 Å². The van der Waals surface area contributed by atoms with Gasteiger partial charge in [-0.05, 0) is 42.8 Å². The first-order valence-electron chi connectivity index (χ1n) is 8.32. The molecule has 0 aliphatic rings. The van der Waals surface area contributed by atoms with Gasteiger partial charge in [0.25, 0.3) is 5.91 Å². The van der Waals surface area contributed by atoms with Crippen molar-refractivity contribution < 1.29 is 14.3 Å². The summed E-state index contributed by atoms with van der Waals surface area (Å²) in [6, 6.07) is 11.3. The van der Waals surface area contributed by atoms with E-state index in [-0.39, 0.29) is 24.5 Å². The Hall–Kier alpha value is -2.44. The monoisotopic (exact) mass is 409 g/mol. The molecule has 0 aliphatic heterocycles. The van der Waals surface area contributed by atoms with E-state index in [1.807, 2.05) is 6.92 Å². The fraction of sp³-hybridized carbons (Fsp3) is 0.263. The molecule has 8 heteroatoms. The van der Waals surface area contributed by atoms with Gasteiger partial charge >= 0.3 is 6.03 Å². The molecular weight excluding hydrogens is 389 g/mol. The highest BCUT2D eigenvalue weighted by Crippen LogP contribution is 2.25. The Balaban J connectivity index is 1.74. The second-order valence-electron chi connectivity index (χ2n) is 5.78. The molecule has 1 unspecified atom stereocenters. The fourth-order valence-electron chi connectivity index (χ4n) is 2.40. The molecule has 0 spiro atoms. The molecule has 2 rings (SSSR count). The molecule has 144 valence electrons. The van der Waals surface area contributed by atoms with Gasteiger partial charge in [0, 0.05) is 28.7 Å². The fourth-order valence-corrected chi connectivity index (χ4v) is 2.97. The lowest BCUT2D eigenvalue weighted by atomic mass is 10.1. The zero-order valence-electron chi connectivity index (χ0n) is 15.0. The van der Waals surface area contributed by atoms with Crippen LogP contribution in [0.3, 0.4) is 0 Å². The van der Waals surface area contributed by atoms with Crippen molar-refractivity contribution in [1.29, 1.82) is 0 Å². The number of benzene rings is 2. The summed E-state index contributed by atoms with van der Waals surface area (Å²) in [5, 5.41) is 9.22. The third-order valence-corrected chi connectivity index (χ3v) is 4.37. The zero-order valence-corrected chi connectivity index (χ0v) is 16.5. The molecule has 1 atom stereocenters. The molecular formula is C19H21Cl2N3O3. The lowest BCUT2D eigenvalue weighted by molar-refractivity contribution is 0.0953. The molecule has 2 aromatic rings. The van der Waals surface area contributed by atoms with Gasteiger partial charge in [0.1, 0.15) is 5.75 Å². The topological polar surface area (TPSA) is 79.5 Å². The van der Waals surface area contributed by atoms with Crippen molar-refractivity contribution in [3.05, 3.63) is 63.6 Å². The van der Waals surface area contributed by atoms with E-state index in [4.69, 9.17) is 27.9 Å². The summed E-state index contributed by atoms with van der Waals surface area (Å²) >= 11 is 12.0. The number of nitrogens with one attached hydrogen (secondary N) is 3. The van der Waals surface area contributed by atoms with Gasteiger partial charge in [-0.15, -0.1) is 0 Å². The van der Waals surface area contributed by atoms with Crippen molar-refractivity contribution in [2.45, 2.75) is 13.0 Å². The van der Waals surface area contributed by atoms with Crippen LogP contribution in [0, 0.1) is 0 Å². The molecule has 3 amide bonds. The second kappa shape index (κ2) is 10.0. The van der Waals surface area contributed by atoms with Crippen LogP contribution in [0.15, 0.2) is 42.5 Å². The van der Waals surface area contributed by atoms with Crippen LogP contribution in [0.2, 0.25) is 10.0 Å². The average Bonchev–Trinajstić information content (AvgIpc) is 2.64. The summed E-state index contributed by atoms with van der Waals surface area (Å²) in [4.78, 5) is 24.0. The minimum absolute atomic E-state index is 0.238. The van der Waals surface area contributed by atoms with Crippen LogP contribution >= 0.6 is 23.2 Å². The molecule has 0 bridgehead atoms. The van der Waals surface area contributed by atoms with Crippen molar-refractivity contribution in [2.24, 2.45) is 0 Å². The Labute approximate surface area is 168 Å². The minimum atomic E-state index is -0.357. The van der Waals surface area contributed by atoms with Crippen LogP contribution < -0.4 is 20.7 Å². The van der Waals surface area contributed by atoms with Gasteiger partial charge in [-0.3, -0.25) is 4.79 Å². The van der Waals surface area contributed by atoms with E-state index >= 15 is 0 Å². The van der Waals surface area contributed by atoms with Crippen molar-refractivity contribution in [1.82, 2.24) is 16.0 Å². The largest absolute Gasteiger partial charge is 0.497 e. The zero-order chi connectivity index (χ0) is 19.8. The average molecular weight is 410 g/mol. The minimum Gasteiger partial charge on any atom is -0.497 e. The lowest BCUT2D eigenvalue weighted by Crippen LogP contribution is -2.41. The first kappa shape index (κ1) is 20.9. The van der Waals surface area contributed by atoms with Crippen LogP contribution in [0.25, 0.3) is 0 Å². The second-order valence-corrected chi connectivity index (χ2v) is 6.62. The third-order valence-electron chi connectivity index (χ3n) is 3.80. The molecule has 27 heavy (non-hydrogen) atoms. The maximum atomic E-state index is 12.1. The quantitative estimate of drug-likeness (QED) is 0.608. The van der Waals surface area contributed by atoms with E-state index in [9.17, 15) is 9.59 Å². The summed E-state index contributed by atoms with van der Waals surface area (Å²) in [7, 11) is 1.54. The number of carbonyl (C=O) groups excluding carboxylic acids is 2. The van der Waals surface area contributed by atoms with Crippen LogP contribution in [-0.2, 0) is 0 Å². The molecule has 0 aromatic heterocycles. The standard InChI is InChI=1S/C19H21Cl2N3O3/c1-12(16-7-6-14(20)11-17(16)21)24-19(26)23-9-8-22-18(25)13-4-3-5-15(10-13)27-2/h3-7,10-12H,8-9H2,1-2H3,(H,22,25)(H2,23,24,26). The van der Waals surface area contributed by atoms with E-state index in [1.54, 1.807) is 42.5 Å². The van der Waals surface area contributed by atoms with Gasteiger partial charge in [-0.1, -0.05) is 35.3 Å². The molecule has 2 aromatic carbocycles. The number of ether oxygens (including phenoxy) is 1. The molecule has 0 saturated carbocycles. The van der Waals surface area contributed by atoms with Crippen molar-refractivity contribution in [3.8, 4) is 5.75 Å². The van der Waals surface area contributed by atoms with E-state index in [0.717, 1.165) is 5.56 Å². The molecule has 0 radical (unpaired) electrons. The Kier molecular flexibility index (Phi) is 7.76. The number of amides is 3. The molecule has 6 nitrogen and oxygen atoms in total. The van der Waals surface area contributed by atoms with Gasteiger partial charge in [-0.25, -0.2) is 4.79 Å². The summed E-state index contributed by atoms with van der Waals surface area (Å²) in [5.74, 6) is 0.368. The Morgan fingerprint density at radius 2 is 1.81 bits per heavy atom. The predicted molar refractivity (Wildman–Crippen MR) is 107 cm³/mol. The van der Waals surface area contributed by atoms with Gasteiger partial charge in [0.05, 0.1) is 13.2 Å². The van der Waals surface area contributed by atoms with E-state index in [2.05, 4.69) is 16.0 Å². The maximum absolute atomic E-state index is 12.1. The summed E-state index contributed by atoms with van der Waals surface area (Å²) < 4.78 is 5.09. The Bertz CT molecular complexity index is 815. The van der Waals surface area contributed by atoms with E-state index < -0.39 is 0 Å². The van der Waals surface area contributed by atoms with Crippen LogP contribution in [0.5, 0.6) is 5.75 Å². The Morgan fingerprint density at radius 1 is 1.07 bits per heavy atom. The molecule has 0 saturated heterocycles. The van der Waals surface area contributed by atoms with Crippen LogP contribution in [0.1, 0.15) is 28.9 Å². The van der Waals surface area contributed by atoms with E-state index in [1.165, 1.54) is 7.11 Å². The number of hydrogen-bond acceptors (Lipinski definition) is 3. The molecule has 0 aliphatic carbocycles. The van der Waals surface area contributed by atoms with Crippen molar-refractivity contribution in [2.75, 3.05) is 20.2 Å². The Morgan fingerprint density at radius 3 is 2.52 bits per heavy atom. The smallest absolute Gasteiger partial charge is 0.315 e. The number of carbonyl (C=O) groups is 2. The van der Waals surface area contributed by atoms with Gasteiger partial charge in [-0.2, -0.15) is 0 Å². The molecule has 0 fully saturated rings. The predicted octanol–water partition coefficient (Wildman–Crippen LogP) is 3.79. The highest BCUT2D eigenvalue weighted by Gasteiger charge is 2.13. The molecule has 3 N–H and O–H groups in total. The highest BCUT2D eigenvalue weighted by atomic mass is 35.5. The first-order chi connectivity index (χ1) is 12.9. The number of methoxy groups -OCH3 is 1. The van der Waals surface area contributed by atoms with Gasteiger partial charge in [0.15, 0.2) is 0 Å². The number of halogens is 2. The first-order valence-corrected chi connectivity index (χ1v) is 9.08. The SMILES string of the molecule is COc1cccc(C(=O)NCCNC(=O)NC(C)c2ccc(Cl)cc2Cl)c1. The van der Waals surface area contributed by atoms with Crippen LogP contribution in [0.4, 0.5) is 4.79 Å². The number of hydrogen-bond donors (Lipinski definition) is 3.